The second-order valence-electron chi connectivity index (χ2n) is 12.0. The van der Waals surface area contributed by atoms with Gasteiger partial charge in [-0.15, -0.1) is 0 Å². The number of anilines is 1. The molecule has 1 aliphatic rings. The summed E-state index contributed by atoms with van der Waals surface area (Å²) in [4.78, 5) is 20.5. The van der Waals surface area contributed by atoms with E-state index in [2.05, 4.69) is 23.6 Å². The number of aldehydes is 2. The minimum Gasteiger partial charge on any atom is -0.386 e. The molecule has 0 spiro atoms. The van der Waals surface area contributed by atoms with Gasteiger partial charge in [-0.05, 0) is 79.8 Å². The van der Waals surface area contributed by atoms with Crippen molar-refractivity contribution >= 4 is 34.0 Å². The number of aryl methyl sites for hydroxylation is 3. The van der Waals surface area contributed by atoms with Crippen molar-refractivity contribution in [1.82, 2.24) is 5.32 Å². The van der Waals surface area contributed by atoms with E-state index >= 15 is 0 Å². The number of hydrogen-bond donors (Lipinski definition) is 3. The van der Waals surface area contributed by atoms with Crippen molar-refractivity contribution in [3.63, 3.8) is 0 Å². The van der Waals surface area contributed by atoms with Gasteiger partial charge >= 0.3 is 0 Å². The third-order valence-electron chi connectivity index (χ3n) is 7.81. The second-order valence-corrected chi connectivity index (χ2v) is 13.6. The molecule has 11 heteroatoms. The predicted molar refractivity (Wildman–Crippen MR) is 201 cm³/mol. The molecule has 4 aromatic rings. The number of benzene rings is 4. The topological polar surface area (TPSA) is 113 Å². The Balaban J connectivity index is 0.000000249. The zero-order valence-electron chi connectivity index (χ0n) is 29.7. The number of carbonyl (C=O) groups is 2. The standard InChI is InChI=1S/C15H16FN.C14H14F2O.C8H8O.C3H9NO3S/c1-10-4-6-13(11(2)8-10)12-5-7-15(17-3)14(16)9-12;15-14(16)8-5-13(6-9-14)12-3-1-11(2-4-12)7-10-17;1-7-2-4-8(6-9)5-3-7;1-4-2-3-8(5,6)7/h4-9,17H,1-3H3;1-5,10H,6-9H2;2-6H,1H3;4H,2-3H2,1H3,(H,5,6,7). The Morgan fingerprint density at radius 1 is 0.843 bits per heavy atom. The Morgan fingerprint density at radius 3 is 1.94 bits per heavy atom. The summed E-state index contributed by atoms with van der Waals surface area (Å²) in [7, 11) is -0.415. The fourth-order valence-electron chi connectivity index (χ4n) is 4.91. The van der Waals surface area contributed by atoms with Crippen LogP contribution in [0.2, 0.25) is 0 Å². The minimum atomic E-state index is -3.75. The zero-order valence-corrected chi connectivity index (χ0v) is 30.5. The molecule has 0 amide bonds. The summed E-state index contributed by atoms with van der Waals surface area (Å²) in [6.07, 6.45) is 3.90. The lowest BCUT2D eigenvalue weighted by molar-refractivity contribution is -0.107. The molecule has 0 unspecified atom stereocenters. The van der Waals surface area contributed by atoms with Crippen LogP contribution >= 0.6 is 0 Å². The number of hydrogen-bond acceptors (Lipinski definition) is 6. The lowest BCUT2D eigenvalue weighted by Crippen LogP contribution is -2.18. The van der Waals surface area contributed by atoms with Crippen LogP contribution in [0.4, 0.5) is 18.9 Å². The van der Waals surface area contributed by atoms with E-state index in [-0.39, 0.29) is 24.4 Å². The van der Waals surface area contributed by atoms with Gasteiger partial charge in [0.15, 0.2) is 0 Å². The molecule has 0 bridgehead atoms. The number of carbonyl (C=O) groups excluding carboxylic acids is 2. The van der Waals surface area contributed by atoms with Crippen LogP contribution in [0.5, 0.6) is 0 Å². The Hall–Kier alpha value is -4.58. The van der Waals surface area contributed by atoms with Crippen molar-refractivity contribution in [2.24, 2.45) is 0 Å². The summed E-state index contributed by atoms with van der Waals surface area (Å²) in [5.41, 5.74) is 9.74. The van der Waals surface area contributed by atoms with Gasteiger partial charge in [0.1, 0.15) is 18.4 Å². The van der Waals surface area contributed by atoms with E-state index < -0.39 is 16.0 Å². The first-order chi connectivity index (χ1) is 24.1. The molecular formula is C40H47F3N2O5S. The molecule has 7 nitrogen and oxygen atoms in total. The molecule has 51 heavy (non-hydrogen) atoms. The molecule has 3 N–H and O–H groups in total. The summed E-state index contributed by atoms with van der Waals surface area (Å²) >= 11 is 0. The van der Waals surface area contributed by atoms with E-state index in [1.165, 1.54) is 16.7 Å². The van der Waals surface area contributed by atoms with Gasteiger partial charge < -0.3 is 15.4 Å². The molecule has 5 rings (SSSR count). The smallest absolute Gasteiger partial charge is 0.266 e. The Labute approximate surface area is 299 Å². The van der Waals surface area contributed by atoms with Gasteiger partial charge in [-0.2, -0.15) is 8.42 Å². The van der Waals surface area contributed by atoms with Crippen molar-refractivity contribution in [1.29, 1.82) is 0 Å². The van der Waals surface area contributed by atoms with Crippen LogP contribution in [0.25, 0.3) is 16.7 Å². The van der Waals surface area contributed by atoms with Gasteiger partial charge in [0, 0.05) is 38.4 Å². The third-order valence-corrected chi connectivity index (χ3v) is 8.53. The van der Waals surface area contributed by atoms with E-state index in [4.69, 9.17) is 4.55 Å². The monoisotopic (exact) mass is 724 g/mol. The van der Waals surface area contributed by atoms with Gasteiger partial charge in [0.05, 0.1) is 11.4 Å². The number of halogens is 3. The van der Waals surface area contributed by atoms with Gasteiger partial charge in [0.2, 0.25) is 0 Å². The first kappa shape index (κ1) is 42.6. The molecule has 0 heterocycles. The minimum absolute atomic E-state index is 0.0745. The van der Waals surface area contributed by atoms with Crippen LogP contribution in [0.15, 0.2) is 91.0 Å². The first-order valence-corrected chi connectivity index (χ1v) is 18.0. The molecule has 0 radical (unpaired) electrons. The average Bonchev–Trinajstić information content (AvgIpc) is 3.09. The van der Waals surface area contributed by atoms with Crippen molar-refractivity contribution < 1.29 is 35.7 Å². The predicted octanol–water partition coefficient (Wildman–Crippen LogP) is 8.68. The van der Waals surface area contributed by atoms with E-state index in [0.717, 1.165) is 46.0 Å². The third kappa shape index (κ3) is 15.9. The lowest BCUT2D eigenvalue weighted by Gasteiger charge is -2.21. The van der Waals surface area contributed by atoms with Crippen molar-refractivity contribution in [3.8, 4) is 11.1 Å². The first-order valence-electron chi connectivity index (χ1n) is 16.4. The maximum atomic E-state index is 13.7. The molecule has 0 fully saturated rings. The highest BCUT2D eigenvalue weighted by atomic mass is 32.2. The van der Waals surface area contributed by atoms with Crippen LogP contribution in [-0.4, -0.2) is 57.9 Å². The lowest BCUT2D eigenvalue weighted by atomic mass is 9.91. The molecular weight excluding hydrogens is 678 g/mol. The summed E-state index contributed by atoms with van der Waals surface area (Å²) < 4.78 is 67.5. The highest BCUT2D eigenvalue weighted by Gasteiger charge is 2.30. The van der Waals surface area contributed by atoms with Crippen LogP contribution in [0, 0.1) is 26.6 Å². The SMILES string of the molecule is CNCCS(=O)(=O)O.CNc1ccc(-c2ccc(C)cc2C)cc1F.Cc1ccc(C=O)cc1.O=CCc1ccc(C2=CCC(F)(F)CC2)cc1. The highest BCUT2D eigenvalue weighted by molar-refractivity contribution is 7.85. The van der Waals surface area contributed by atoms with Crippen LogP contribution in [0.3, 0.4) is 0 Å². The molecule has 0 atom stereocenters. The van der Waals surface area contributed by atoms with Gasteiger partial charge in [-0.3, -0.25) is 9.35 Å². The highest BCUT2D eigenvalue weighted by Crippen LogP contribution is 2.36. The summed E-state index contributed by atoms with van der Waals surface area (Å²) in [5, 5.41) is 5.41. The fraction of sp³-hybridized carbons (Fsp3) is 0.300. The maximum absolute atomic E-state index is 13.7. The molecule has 4 aromatic carbocycles. The van der Waals surface area contributed by atoms with Gasteiger partial charge in [0.25, 0.3) is 16.0 Å². The Kier molecular flexibility index (Phi) is 17.5. The molecule has 0 saturated carbocycles. The fourth-order valence-corrected chi connectivity index (χ4v) is 5.37. The molecule has 0 aromatic heterocycles. The zero-order chi connectivity index (χ0) is 38.0. The van der Waals surface area contributed by atoms with Gasteiger partial charge in [-0.1, -0.05) is 90.0 Å². The number of rotatable bonds is 9. The Bertz CT molecular complexity index is 1840. The number of allylic oxidation sites excluding steroid dienone is 2. The molecule has 0 saturated heterocycles. The normalized spacial score (nSPS) is 13.1. The van der Waals surface area contributed by atoms with E-state index in [0.29, 0.717) is 25.1 Å². The van der Waals surface area contributed by atoms with Crippen LogP contribution in [0.1, 0.15) is 57.4 Å². The summed E-state index contributed by atoms with van der Waals surface area (Å²) in [6.45, 7) is 6.39. The van der Waals surface area contributed by atoms with E-state index in [1.54, 1.807) is 32.3 Å². The molecule has 274 valence electrons. The van der Waals surface area contributed by atoms with Gasteiger partial charge in [-0.25, -0.2) is 13.2 Å². The van der Waals surface area contributed by atoms with Crippen molar-refractivity contribution in [2.75, 3.05) is 31.7 Å². The number of alkyl halides is 2. The largest absolute Gasteiger partial charge is 0.386 e. The number of nitrogens with one attached hydrogen (secondary N) is 2. The second kappa shape index (κ2) is 20.9. The van der Waals surface area contributed by atoms with Crippen molar-refractivity contribution in [3.05, 3.63) is 130 Å². The van der Waals surface area contributed by atoms with Crippen LogP contribution < -0.4 is 10.6 Å². The average molecular weight is 725 g/mol. The van der Waals surface area contributed by atoms with Crippen LogP contribution in [-0.2, 0) is 21.3 Å². The quantitative estimate of drug-likeness (QED) is 0.117. The Morgan fingerprint density at radius 2 is 1.47 bits per heavy atom. The van der Waals surface area contributed by atoms with Crippen molar-refractivity contribution in [2.45, 2.75) is 52.4 Å². The maximum Gasteiger partial charge on any atom is 0.266 e. The molecule has 0 aliphatic heterocycles. The van der Waals surface area contributed by atoms with E-state index in [9.17, 15) is 31.2 Å². The summed E-state index contributed by atoms with van der Waals surface area (Å²) in [5.74, 6) is -2.98. The molecule has 1 aliphatic carbocycles. The summed E-state index contributed by atoms with van der Waals surface area (Å²) in [6, 6.07) is 26.5. The van der Waals surface area contributed by atoms with E-state index in [1.807, 2.05) is 80.6 Å².